The van der Waals surface area contributed by atoms with E-state index in [2.05, 4.69) is 10.6 Å². The first-order valence-corrected chi connectivity index (χ1v) is 8.30. The summed E-state index contributed by atoms with van der Waals surface area (Å²) in [5.41, 5.74) is 6.36. The molecule has 0 spiro atoms. The van der Waals surface area contributed by atoms with Gasteiger partial charge in [-0.25, -0.2) is 0 Å². The molecule has 1 aliphatic heterocycles. The molecular formula is C18H28ClN3O3. The highest BCUT2D eigenvalue weighted by atomic mass is 35.5. The second kappa shape index (κ2) is 8.54. The lowest BCUT2D eigenvalue weighted by Gasteiger charge is -2.37. The summed E-state index contributed by atoms with van der Waals surface area (Å²) in [6.45, 7) is 7.63. The third kappa shape index (κ3) is 5.61. The number of carbonyl (C=O) groups is 2. The number of fused-ring (bicyclic) bond motifs is 1. The van der Waals surface area contributed by atoms with Crippen LogP contribution in [0.15, 0.2) is 24.3 Å². The minimum Gasteiger partial charge on any atom is -0.487 e. The van der Waals surface area contributed by atoms with Crippen LogP contribution in [0.4, 0.5) is 0 Å². The summed E-state index contributed by atoms with van der Waals surface area (Å²) in [5.74, 6) is 0.255. The normalized spacial score (nSPS) is 19.0. The molecule has 1 aliphatic rings. The maximum Gasteiger partial charge on any atom is 0.239 e. The summed E-state index contributed by atoms with van der Waals surface area (Å²) >= 11 is 0. The first-order chi connectivity index (χ1) is 11.2. The van der Waals surface area contributed by atoms with Crippen molar-refractivity contribution >= 4 is 24.2 Å². The number of nitrogens with one attached hydrogen (secondary N) is 2. The van der Waals surface area contributed by atoms with Gasteiger partial charge < -0.3 is 21.1 Å². The monoisotopic (exact) mass is 369 g/mol. The fourth-order valence-electron chi connectivity index (χ4n) is 2.76. The minimum atomic E-state index is -0.611. The molecule has 25 heavy (non-hydrogen) atoms. The number of rotatable bonds is 5. The van der Waals surface area contributed by atoms with Crippen molar-refractivity contribution in [1.82, 2.24) is 10.6 Å². The molecule has 1 aromatic carbocycles. The molecule has 0 aromatic heterocycles. The van der Waals surface area contributed by atoms with E-state index in [0.717, 1.165) is 11.3 Å². The smallest absolute Gasteiger partial charge is 0.239 e. The highest BCUT2D eigenvalue weighted by Gasteiger charge is 2.34. The van der Waals surface area contributed by atoms with Crippen LogP contribution in [0.25, 0.3) is 0 Å². The third-order valence-electron chi connectivity index (χ3n) is 4.16. The highest BCUT2D eigenvalue weighted by Crippen LogP contribution is 2.39. The van der Waals surface area contributed by atoms with Crippen molar-refractivity contribution in [3.05, 3.63) is 29.8 Å². The van der Waals surface area contributed by atoms with Gasteiger partial charge in [-0.05, 0) is 25.8 Å². The van der Waals surface area contributed by atoms with E-state index in [0.29, 0.717) is 6.42 Å². The van der Waals surface area contributed by atoms with Crippen LogP contribution >= 0.6 is 12.4 Å². The Morgan fingerprint density at radius 1 is 1.32 bits per heavy atom. The van der Waals surface area contributed by atoms with E-state index in [-0.39, 0.29) is 48.3 Å². The second-order valence-corrected chi connectivity index (χ2v) is 7.21. The molecule has 0 radical (unpaired) electrons. The number of hydrogen-bond acceptors (Lipinski definition) is 4. The van der Waals surface area contributed by atoms with Gasteiger partial charge >= 0.3 is 0 Å². The van der Waals surface area contributed by atoms with Gasteiger partial charge in [0.05, 0.1) is 18.6 Å². The van der Waals surface area contributed by atoms with Crippen molar-refractivity contribution in [2.45, 2.75) is 51.8 Å². The third-order valence-corrected chi connectivity index (χ3v) is 4.16. The van der Waals surface area contributed by atoms with E-state index < -0.39 is 6.04 Å². The van der Waals surface area contributed by atoms with Crippen molar-refractivity contribution in [3.63, 3.8) is 0 Å². The Morgan fingerprint density at radius 2 is 1.96 bits per heavy atom. The molecule has 7 heteroatoms. The maximum atomic E-state index is 12.2. The summed E-state index contributed by atoms with van der Waals surface area (Å²) < 4.78 is 5.95. The average Bonchev–Trinajstić information content (AvgIpc) is 2.50. The first-order valence-electron chi connectivity index (χ1n) is 8.30. The Hall–Kier alpha value is -1.79. The predicted molar refractivity (Wildman–Crippen MR) is 99.7 cm³/mol. The molecule has 2 atom stereocenters. The standard InChI is InChI=1S/C18H27N3O3.ClH/c1-11(2)16(19)17(23)20-10-15(22)21-13-9-18(3,4)24-14-8-6-5-7-12(13)14;/h5-8,11,13,16H,9-10,19H2,1-4H3,(H,20,23)(H,21,22);1H/t13?,16-;/m0./s1. The lowest BCUT2D eigenvalue weighted by Crippen LogP contribution is -2.48. The number of nitrogens with two attached hydrogens (primary N) is 1. The molecule has 4 N–H and O–H groups in total. The summed E-state index contributed by atoms with van der Waals surface area (Å²) in [6.07, 6.45) is 0.662. The van der Waals surface area contributed by atoms with Gasteiger partial charge in [0.15, 0.2) is 0 Å². The number of para-hydroxylation sites is 1. The largest absolute Gasteiger partial charge is 0.487 e. The molecule has 2 rings (SSSR count). The van der Waals surface area contributed by atoms with Crippen LogP contribution in [0.2, 0.25) is 0 Å². The van der Waals surface area contributed by atoms with Crippen LogP contribution in [0, 0.1) is 5.92 Å². The minimum absolute atomic E-state index is 0. The van der Waals surface area contributed by atoms with E-state index in [1.807, 2.05) is 52.0 Å². The molecule has 140 valence electrons. The number of benzene rings is 1. The predicted octanol–water partition coefficient (Wildman–Crippen LogP) is 1.93. The molecule has 1 aromatic rings. The zero-order chi connectivity index (χ0) is 17.9. The average molecular weight is 370 g/mol. The van der Waals surface area contributed by atoms with E-state index in [4.69, 9.17) is 10.5 Å². The van der Waals surface area contributed by atoms with E-state index in [9.17, 15) is 9.59 Å². The Balaban J connectivity index is 0.00000312. The summed E-state index contributed by atoms with van der Waals surface area (Å²) in [7, 11) is 0. The molecule has 0 bridgehead atoms. The Kier molecular flexibility index (Phi) is 7.26. The summed E-state index contributed by atoms with van der Waals surface area (Å²) in [6, 6.07) is 6.92. The summed E-state index contributed by atoms with van der Waals surface area (Å²) in [4.78, 5) is 24.1. The van der Waals surface area contributed by atoms with Crippen molar-refractivity contribution in [1.29, 1.82) is 0 Å². The molecule has 0 saturated carbocycles. The van der Waals surface area contributed by atoms with E-state index >= 15 is 0 Å². The molecule has 0 fully saturated rings. The van der Waals surface area contributed by atoms with Gasteiger partial charge in [-0.3, -0.25) is 9.59 Å². The Labute approximate surface area is 155 Å². The van der Waals surface area contributed by atoms with Crippen LogP contribution in [-0.4, -0.2) is 30.0 Å². The number of hydrogen-bond donors (Lipinski definition) is 3. The fraction of sp³-hybridized carbons (Fsp3) is 0.556. The van der Waals surface area contributed by atoms with Gasteiger partial charge in [0.1, 0.15) is 11.4 Å². The zero-order valence-corrected chi connectivity index (χ0v) is 16.0. The lowest BCUT2D eigenvalue weighted by molar-refractivity contribution is -0.127. The van der Waals surface area contributed by atoms with E-state index in [1.165, 1.54) is 0 Å². The summed E-state index contributed by atoms with van der Waals surface area (Å²) in [5, 5.41) is 5.57. The van der Waals surface area contributed by atoms with Crippen LogP contribution in [-0.2, 0) is 9.59 Å². The second-order valence-electron chi connectivity index (χ2n) is 7.21. The van der Waals surface area contributed by atoms with Gasteiger partial charge in [-0.15, -0.1) is 12.4 Å². The molecule has 2 amide bonds. The van der Waals surface area contributed by atoms with Crippen LogP contribution in [0.3, 0.4) is 0 Å². The topological polar surface area (TPSA) is 93.5 Å². The number of carbonyl (C=O) groups excluding carboxylic acids is 2. The van der Waals surface area contributed by atoms with Gasteiger partial charge in [0.25, 0.3) is 0 Å². The Morgan fingerprint density at radius 3 is 2.60 bits per heavy atom. The zero-order valence-electron chi connectivity index (χ0n) is 15.2. The van der Waals surface area contributed by atoms with Crippen LogP contribution in [0.1, 0.15) is 45.7 Å². The lowest BCUT2D eigenvalue weighted by atomic mass is 9.89. The van der Waals surface area contributed by atoms with Gasteiger partial charge in [-0.1, -0.05) is 32.0 Å². The molecule has 1 unspecified atom stereocenters. The van der Waals surface area contributed by atoms with Gasteiger partial charge in [-0.2, -0.15) is 0 Å². The fourth-order valence-corrected chi connectivity index (χ4v) is 2.76. The first kappa shape index (κ1) is 21.3. The molecule has 6 nitrogen and oxygen atoms in total. The van der Waals surface area contributed by atoms with Crippen molar-refractivity contribution in [3.8, 4) is 5.75 Å². The number of ether oxygens (including phenoxy) is 1. The molecule has 1 heterocycles. The number of amides is 2. The van der Waals surface area contributed by atoms with Gasteiger partial charge in [0, 0.05) is 12.0 Å². The van der Waals surface area contributed by atoms with Crippen LogP contribution < -0.4 is 21.1 Å². The molecular weight excluding hydrogens is 342 g/mol. The SMILES string of the molecule is CC(C)[C@H](N)C(=O)NCC(=O)NC1CC(C)(C)Oc2ccccc21.Cl. The van der Waals surface area contributed by atoms with Crippen molar-refractivity contribution in [2.24, 2.45) is 11.7 Å². The van der Waals surface area contributed by atoms with E-state index in [1.54, 1.807) is 0 Å². The maximum absolute atomic E-state index is 12.2. The van der Waals surface area contributed by atoms with Gasteiger partial charge in [0.2, 0.25) is 11.8 Å². The number of halogens is 1. The molecule has 0 aliphatic carbocycles. The van der Waals surface area contributed by atoms with Crippen molar-refractivity contribution < 1.29 is 14.3 Å². The van der Waals surface area contributed by atoms with Crippen LogP contribution in [0.5, 0.6) is 5.75 Å². The van der Waals surface area contributed by atoms with Crippen molar-refractivity contribution in [2.75, 3.05) is 6.54 Å². The highest BCUT2D eigenvalue weighted by molar-refractivity contribution is 5.87. The molecule has 0 saturated heterocycles. The quantitative estimate of drug-likeness (QED) is 0.739. The Bertz CT molecular complexity index is 619.